The van der Waals surface area contributed by atoms with Gasteiger partial charge in [0.15, 0.2) is 0 Å². The molecule has 2 aliphatic rings. The molecule has 2 fully saturated rings. The summed E-state index contributed by atoms with van der Waals surface area (Å²) in [7, 11) is 1.68. The molecule has 0 radical (unpaired) electrons. The molecule has 142 valence electrons. The summed E-state index contributed by atoms with van der Waals surface area (Å²) >= 11 is 0. The van der Waals surface area contributed by atoms with Gasteiger partial charge >= 0.3 is 0 Å². The number of nitrogens with zero attached hydrogens (tertiary/aromatic N) is 2. The fourth-order valence-electron chi connectivity index (χ4n) is 4.22. The van der Waals surface area contributed by atoms with E-state index in [1.54, 1.807) is 35.9 Å². The predicted molar refractivity (Wildman–Crippen MR) is 98.3 cm³/mol. The number of likely N-dealkylation sites (tertiary alicyclic amines) is 1. The first-order valence-electron chi connectivity index (χ1n) is 9.33. The van der Waals surface area contributed by atoms with Crippen LogP contribution in [0.25, 0.3) is 0 Å². The number of halogens is 1. The van der Waals surface area contributed by atoms with Gasteiger partial charge in [0, 0.05) is 33.4 Å². The van der Waals surface area contributed by atoms with E-state index >= 15 is 0 Å². The Bertz CT molecular complexity index is 883. The third-order valence-corrected chi connectivity index (χ3v) is 5.97. The molecule has 0 aliphatic carbocycles. The lowest BCUT2D eigenvalue weighted by Gasteiger charge is -2.33. The van der Waals surface area contributed by atoms with Crippen molar-refractivity contribution in [1.29, 1.82) is 0 Å². The third kappa shape index (κ3) is 3.18. The third-order valence-electron chi connectivity index (χ3n) is 5.97. The van der Waals surface area contributed by atoms with Crippen molar-refractivity contribution in [3.8, 4) is 0 Å². The lowest BCUT2D eigenvalue weighted by atomic mass is 9.80. The minimum Gasteiger partial charge on any atom is -0.381 e. The number of benzene rings is 1. The van der Waals surface area contributed by atoms with Crippen LogP contribution in [0.1, 0.15) is 45.8 Å². The highest BCUT2D eigenvalue weighted by Crippen LogP contribution is 2.40. The molecule has 0 atom stereocenters. The highest BCUT2D eigenvalue weighted by molar-refractivity contribution is 6.09. The largest absolute Gasteiger partial charge is 0.381 e. The second-order valence-electron chi connectivity index (χ2n) is 7.56. The van der Waals surface area contributed by atoms with Crippen molar-refractivity contribution < 1.29 is 18.7 Å². The van der Waals surface area contributed by atoms with Gasteiger partial charge < -0.3 is 14.2 Å². The van der Waals surface area contributed by atoms with E-state index in [9.17, 15) is 14.0 Å². The zero-order valence-electron chi connectivity index (χ0n) is 15.4. The molecule has 1 spiro atoms. The van der Waals surface area contributed by atoms with E-state index in [-0.39, 0.29) is 16.9 Å². The van der Waals surface area contributed by atoms with E-state index in [0.717, 1.165) is 45.6 Å². The Morgan fingerprint density at radius 1 is 1.04 bits per heavy atom. The van der Waals surface area contributed by atoms with Crippen molar-refractivity contribution in [2.45, 2.75) is 19.3 Å². The van der Waals surface area contributed by atoms with Crippen molar-refractivity contribution in [1.82, 2.24) is 9.47 Å². The summed E-state index contributed by atoms with van der Waals surface area (Å²) in [6.07, 6.45) is 2.97. The number of rotatable bonds is 3. The minimum atomic E-state index is -0.558. The predicted octanol–water partition coefficient (Wildman–Crippen LogP) is 3.04. The van der Waals surface area contributed by atoms with Crippen LogP contribution in [-0.2, 0) is 11.8 Å². The Balaban J connectivity index is 1.55. The summed E-state index contributed by atoms with van der Waals surface area (Å²) in [5.41, 5.74) is 0.951. The van der Waals surface area contributed by atoms with Gasteiger partial charge in [0.05, 0.1) is 11.3 Å². The van der Waals surface area contributed by atoms with E-state index < -0.39 is 11.6 Å². The van der Waals surface area contributed by atoms with Crippen LogP contribution in [0.4, 0.5) is 4.39 Å². The van der Waals surface area contributed by atoms with Gasteiger partial charge in [-0.15, -0.1) is 0 Å². The molecule has 0 unspecified atom stereocenters. The second kappa shape index (κ2) is 6.93. The van der Waals surface area contributed by atoms with Crippen LogP contribution < -0.4 is 0 Å². The zero-order valence-corrected chi connectivity index (χ0v) is 15.4. The molecule has 1 aromatic heterocycles. The maximum atomic E-state index is 14.0. The Morgan fingerprint density at radius 2 is 1.74 bits per heavy atom. The lowest BCUT2D eigenvalue weighted by Crippen LogP contribution is -2.36. The van der Waals surface area contributed by atoms with Gasteiger partial charge in [-0.05, 0) is 48.9 Å². The minimum absolute atomic E-state index is 0.0139. The molecule has 0 saturated carbocycles. The van der Waals surface area contributed by atoms with Crippen molar-refractivity contribution in [3.05, 3.63) is 59.2 Å². The lowest BCUT2D eigenvalue weighted by molar-refractivity contribution is 0.0190. The van der Waals surface area contributed by atoms with Crippen LogP contribution in [0.3, 0.4) is 0 Å². The monoisotopic (exact) mass is 370 g/mol. The number of hydrogen-bond donors (Lipinski definition) is 0. The molecular weight excluding hydrogens is 347 g/mol. The summed E-state index contributed by atoms with van der Waals surface area (Å²) in [6.45, 7) is 2.97. The molecule has 0 N–H and O–H groups in total. The van der Waals surface area contributed by atoms with Gasteiger partial charge in [-0.2, -0.15) is 0 Å². The Labute approximate surface area is 157 Å². The molecule has 3 heterocycles. The van der Waals surface area contributed by atoms with Crippen LogP contribution in [0.15, 0.2) is 36.4 Å². The molecule has 5 nitrogen and oxygen atoms in total. The summed E-state index contributed by atoms with van der Waals surface area (Å²) in [6, 6.07) is 9.16. The first-order valence-corrected chi connectivity index (χ1v) is 9.33. The van der Waals surface area contributed by atoms with Crippen molar-refractivity contribution in [3.63, 3.8) is 0 Å². The number of aromatic nitrogens is 1. The van der Waals surface area contributed by atoms with E-state index in [2.05, 4.69) is 0 Å². The smallest absolute Gasteiger partial charge is 0.270 e. The first-order chi connectivity index (χ1) is 13.0. The van der Waals surface area contributed by atoms with Gasteiger partial charge in [-0.1, -0.05) is 12.1 Å². The topological polar surface area (TPSA) is 51.5 Å². The highest BCUT2D eigenvalue weighted by atomic mass is 19.1. The van der Waals surface area contributed by atoms with Gasteiger partial charge in [0.2, 0.25) is 5.78 Å². The van der Waals surface area contributed by atoms with Crippen molar-refractivity contribution in [2.24, 2.45) is 12.5 Å². The number of carbonyl (C=O) groups excluding carboxylic acids is 2. The Morgan fingerprint density at radius 3 is 2.48 bits per heavy atom. The summed E-state index contributed by atoms with van der Waals surface area (Å²) in [4.78, 5) is 27.6. The number of amides is 1. The molecule has 2 aliphatic heterocycles. The van der Waals surface area contributed by atoms with Crippen LogP contribution in [0, 0.1) is 11.2 Å². The highest BCUT2D eigenvalue weighted by Gasteiger charge is 2.41. The molecule has 1 amide bonds. The summed E-state index contributed by atoms with van der Waals surface area (Å²) < 4.78 is 21.0. The van der Waals surface area contributed by atoms with Crippen LogP contribution in [0.2, 0.25) is 0 Å². The standard InChI is InChI=1S/C21H23FN2O3/c1-23-17(19(25)15-4-2-3-5-16(15)22)6-7-18(23)20(26)24-11-8-21(14-24)9-12-27-13-10-21/h2-7H,8-14H2,1H3. The van der Waals surface area contributed by atoms with Crippen LogP contribution >= 0.6 is 0 Å². The first kappa shape index (κ1) is 17.9. The fraction of sp³-hybridized carbons (Fsp3) is 0.429. The van der Waals surface area contributed by atoms with E-state index in [0.29, 0.717) is 11.4 Å². The average molecular weight is 370 g/mol. The van der Waals surface area contributed by atoms with Crippen molar-refractivity contribution >= 4 is 11.7 Å². The molecule has 1 aromatic carbocycles. The van der Waals surface area contributed by atoms with Gasteiger partial charge in [0.25, 0.3) is 5.91 Å². The molecule has 6 heteroatoms. The van der Waals surface area contributed by atoms with E-state index in [1.165, 1.54) is 12.1 Å². The maximum absolute atomic E-state index is 14.0. The summed E-state index contributed by atoms with van der Waals surface area (Å²) in [5.74, 6) is -1.05. The molecular formula is C21H23FN2O3. The van der Waals surface area contributed by atoms with Gasteiger partial charge in [-0.3, -0.25) is 9.59 Å². The number of ether oxygens (including phenoxy) is 1. The van der Waals surface area contributed by atoms with Gasteiger partial charge in [0.1, 0.15) is 11.5 Å². The Kier molecular flexibility index (Phi) is 4.60. The average Bonchev–Trinajstić information content (AvgIpc) is 3.26. The fourth-order valence-corrected chi connectivity index (χ4v) is 4.22. The van der Waals surface area contributed by atoms with Crippen LogP contribution in [0.5, 0.6) is 0 Å². The van der Waals surface area contributed by atoms with E-state index in [4.69, 9.17) is 4.74 Å². The molecule has 0 bridgehead atoms. The zero-order chi connectivity index (χ0) is 19.0. The molecule has 2 aromatic rings. The second-order valence-corrected chi connectivity index (χ2v) is 7.56. The summed E-state index contributed by atoms with van der Waals surface area (Å²) in [5, 5.41) is 0. The normalized spacial score (nSPS) is 18.8. The molecule has 4 rings (SSSR count). The quantitative estimate of drug-likeness (QED) is 0.781. The SMILES string of the molecule is Cn1c(C(=O)c2ccccc2F)ccc1C(=O)N1CCC2(CCOCC2)C1. The van der Waals surface area contributed by atoms with Crippen molar-refractivity contribution in [2.75, 3.05) is 26.3 Å². The van der Waals surface area contributed by atoms with Crippen LogP contribution in [-0.4, -0.2) is 47.5 Å². The number of ketones is 1. The molecule has 2 saturated heterocycles. The number of hydrogen-bond acceptors (Lipinski definition) is 3. The maximum Gasteiger partial charge on any atom is 0.270 e. The number of carbonyl (C=O) groups is 2. The van der Waals surface area contributed by atoms with Gasteiger partial charge in [-0.25, -0.2) is 4.39 Å². The molecule has 27 heavy (non-hydrogen) atoms. The Hall–Kier alpha value is -2.47. The van der Waals surface area contributed by atoms with E-state index in [1.807, 2.05) is 4.90 Å².